The van der Waals surface area contributed by atoms with Gasteiger partial charge in [-0.3, -0.25) is 4.90 Å². The monoisotopic (exact) mass is 254 g/mol. The van der Waals surface area contributed by atoms with Crippen molar-refractivity contribution in [2.24, 2.45) is 5.73 Å². The molecule has 1 aromatic rings. The highest BCUT2D eigenvalue weighted by atomic mass is 32.2. The molecule has 0 spiro atoms. The lowest BCUT2D eigenvalue weighted by atomic mass is 9.93. The molecule has 88 valence electrons. The Morgan fingerprint density at radius 3 is 3.06 bits per heavy atom. The van der Waals surface area contributed by atoms with Gasteiger partial charge in [0, 0.05) is 35.0 Å². The summed E-state index contributed by atoms with van der Waals surface area (Å²) in [6.07, 6.45) is 2.40. The van der Waals surface area contributed by atoms with E-state index in [1.165, 1.54) is 24.3 Å². The van der Waals surface area contributed by atoms with Crippen LogP contribution in [0.3, 0.4) is 0 Å². The largest absolute Gasteiger partial charge is 0.327 e. The van der Waals surface area contributed by atoms with Gasteiger partial charge in [0.05, 0.1) is 0 Å². The van der Waals surface area contributed by atoms with Crippen molar-refractivity contribution in [1.29, 1.82) is 0 Å². The zero-order valence-electron chi connectivity index (χ0n) is 9.61. The molecular weight excluding hydrogens is 236 g/mol. The van der Waals surface area contributed by atoms with Gasteiger partial charge in [0.1, 0.15) is 0 Å². The van der Waals surface area contributed by atoms with Crippen LogP contribution in [-0.4, -0.2) is 24.5 Å². The summed E-state index contributed by atoms with van der Waals surface area (Å²) in [6, 6.07) is 1.00. The van der Waals surface area contributed by atoms with Crippen LogP contribution >= 0.6 is 23.1 Å². The Morgan fingerprint density at radius 2 is 2.25 bits per heavy atom. The molecule has 2 unspecified atom stereocenters. The fourth-order valence-electron chi connectivity index (χ4n) is 2.82. The molecule has 3 rings (SSSR count). The first-order valence-electron chi connectivity index (χ1n) is 5.88. The summed E-state index contributed by atoms with van der Waals surface area (Å²) >= 11 is 4.01. The molecule has 0 aromatic carbocycles. The van der Waals surface area contributed by atoms with E-state index in [2.05, 4.69) is 29.1 Å². The Hall–Kier alpha value is -0.0300. The van der Waals surface area contributed by atoms with Gasteiger partial charge in [-0.1, -0.05) is 0 Å². The Balaban J connectivity index is 1.86. The molecule has 2 aliphatic heterocycles. The molecule has 1 saturated heterocycles. The molecule has 0 bridgehead atoms. The second-order valence-electron chi connectivity index (χ2n) is 4.88. The van der Waals surface area contributed by atoms with E-state index in [1.807, 2.05) is 11.3 Å². The third-order valence-electron chi connectivity index (χ3n) is 3.72. The molecule has 1 fully saturated rings. The number of hydrogen-bond donors (Lipinski definition) is 1. The SMILES string of the molecule is CN1CC(N)CCC1c1csc2c1CSC2. The predicted molar refractivity (Wildman–Crippen MR) is 71.9 cm³/mol. The van der Waals surface area contributed by atoms with Crippen LogP contribution in [-0.2, 0) is 11.5 Å². The number of likely N-dealkylation sites (N-methyl/N-ethyl adjacent to an activating group) is 1. The van der Waals surface area contributed by atoms with Crippen molar-refractivity contribution in [3.8, 4) is 0 Å². The van der Waals surface area contributed by atoms with Crippen LogP contribution in [0.2, 0.25) is 0 Å². The Kier molecular flexibility index (Phi) is 3.00. The van der Waals surface area contributed by atoms with Crippen LogP contribution in [0.5, 0.6) is 0 Å². The summed E-state index contributed by atoms with van der Waals surface area (Å²) in [5, 5.41) is 2.39. The van der Waals surface area contributed by atoms with Gasteiger partial charge in [0.25, 0.3) is 0 Å². The first kappa shape index (κ1) is 11.1. The quantitative estimate of drug-likeness (QED) is 0.835. The standard InChI is InChI=1S/C12H18N2S2/c1-14-4-8(13)2-3-11(14)9-6-16-12-7-15-5-10(9)12/h6,8,11H,2-5,7,13H2,1H3. The number of nitrogens with zero attached hydrogens (tertiary/aromatic N) is 1. The van der Waals surface area contributed by atoms with E-state index in [-0.39, 0.29) is 0 Å². The van der Waals surface area contributed by atoms with Gasteiger partial charge in [-0.2, -0.15) is 11.8 Å². The molecule has 0 amide bonds. The molecular formula is C12H18N2S2. The van der Waals surface area contributed by atoms with E-state index in [0.29, 0.717) is 12.1 Å². The smallest absolute Gasteiger partial charge is 0.0357 e. The van der Waals surface area contributed by atoms with Gasteiger partial charge in [0.2, 0.25) is 0 Å². The summed E-state index contributed by atoms with van der Waals surface area (Å²) < 4.78 is 0. The topological polar surface area (TPSA) is 29.3 Å². The van der Waals surface area contributed by atoms with Gasteiger partial charge in [-0.25, -0.2) is 0 Å². The van der Waals surface area contributed by atoms with Crippen molar-refractivity contribution in [1.82, 2.24) is 4.90 Å². The predicted octanol–water partition coefficient (Wildman–Crippen LogP) is 2.59. The highest BCUT2D eigenvalue weighted by molar-refractivity contribution is 7.98. The van der Waals surface area contributed by atoms with Gasteiger partial charge >= 0.3 is 0 Å². The minimum absolute atomic E-state index is 0.377. The molecule has 1 aromatic heterocycles. The van der Waals surface area contributed by atoms with Crippen molar-refractivity contribution in [2.75, 3.05) is 13.6 Å². The maximum atomic E-state index is 6.01. The fraction of sp³-hybridized carbons (Fsp3) is 0.667. The lowest BCUT2D eigenvalue weighted by Gasteiger charge is -2.36. The number of likely N-dealkylation sites (tertiary alicyclic amines) is 1. The van der Waals surface area contributed by atoms with E-state index < -0.39 is 0 Å². The third kappa shape index (κ3) is 1.82. The second-order valence-corrected chi connectivity index (χ2v) is 6.83. The lowest BCUT2D eigenvalue weighted by Crippen LogP contribution is -2.42. The lowest BCUT2D eigenvalue weighted by molar-refractivity contribution is 0.169. The molecule has 0 aliphatic carbocycles. The zero-order chi connectivity index (χ0) is 11.1. The molecule has 0 radical (unpaired) electrons. The molecule has 3 heterocycles. The number of nitrogens with two attached hydrogens (primary N) is 1. The number of thiophene rings is 1. The van der Waals surface area contributed by atoms with E-state index in [0.717, 1.165) is 6.54 Å². The van der Waals surface area contributed by atoms with Crippen LogP contribution in [0, 0.1) is 0 Å². The molecule has 2 aliphatic rings. The van der Waals surface area contributed by atoms with Gasteiger partial charge in [0.15, 0.2) is 0 Å². The Morgan fingerprint density at radius 1 is 1.38 bits per heavy atom. The summed E-state index contributed by atoms with van der Waals surface area (Å²) in [5.41, 5.74) is 9.25. The Labute approximate surface area is 105 Å². The van der Waals surface area contributed by atoms with Crippen LogP contribution in [0.1, 0.15) is 34.9 Å². The van der Waals surface area contributed by atoms with E-state index in [9.17, 15) is 0 Å². The first-order valence-corrected chi connectivity index (χ1v) is 7.92. The highest BCUT2D eigenvalue weighted by Crippen LogP contribution is 2.42. The Bertz CT molecular complexity index is 388. The molecule has 2 nitrogen and oxygen atoms in total. The summed E-state index contributed by atoms with van der Waals surface area (Å²) in [6.45, 7) is 1.04. The zero-order valence-corrected chi connectivity index (χ0v) is 11.2. The minimum atomic E-state index is 0.377. The summed E-state index contributed by atoms with van der Waals surface area (Å²) in [5.74, 6) is 2.46. The molecule has 2 atom stereocenters. The van der Waals surface area contributed by atoms with E-state index in [4.69, 9.17) is 5.73 Å². The minimum Gasteiger partial charge on any atom is -0.327 e. The first-order chi connectivity index (χ1) is 7.75. The molecule has 4 heteroatoms. The molecule has 16 heavy (non-hydrogen) atoms. The molecule has 0 saturated carbocycles. The van der Waals surface area contributed by atoms with E-state index >= 15 is 0 Å². The number of thioether (sulfide) groups is 1. The normalized spacial score (nSPS) is 30.6. The van der Waals surface area contributed by atoms with E-state index in [1.54, 1.807) is 16.0 Å². The highest BCUT2D eigenvalue weighted by Gasteiger charge is 2.29. The fourth-order valence-corrected chi connectivity index (χ4v) is 5.34. The molecule has 2 N–H and O–H groups in total. The average Bonchev–Trinajstić information content (AvgIpc) is 2.80. The van der Waals surface area contributed by atoms with Crippen LogP contribution < -0.4 is 5.73 Å². The second kappa shape index (κ2) is 4.33. The summed E-state index contributed by atoms with van der Waals surface area (Å²) in [4.78, 5) is 4.06. The maximum Gasteiger partial charge on any atom is 0.0357 e. The average molecular weight is 254 g/mol. The number of fused-ring (bicyclic) bond motifs is 1. The van der Waals surface area contributed by atoms with Crippen molar-refractivity contribution < 1.29 is 0 Å². The maximum absolute atomic E-state index is 6.01. The van der Waals surface area contributed by atoms with Crippen molar-refractivity contribution in [2.45, 2.75) is 36.4 Å². The van der Waals surface area contributed by atoms with Crippen molar-refractivity contribution in [3.63, 3.8) is 0 Å². The number of hydrogen-bond acceptors (Lipinski definition) is 4. The van der Waals surface area contributed by atoms with Gasteiger partial charge in [-0.15, -0.1) is 11.3 Å². The van der Waals surface area contributed by atoms with Gasteiger partial charge < -0.3 is 5.73 Å². The third-order valence-corrected chi connectivity index (χ3v) is 5.93. The number of rotatable bonds is 1. The van der Waals surface area contributed by atoms with Crippen LogP contribution in [0.4, 0.5) is 0 Å². The van der Waals surface area contributed by atoms with Crippen LogP contribution in [0.25, 0.3) is 0 Å². The summed E-state index contributed by atoms with van der Waals surface area (Å²) in [7, 11) is 2.22. The van der Waals surface area contributed by atoms with Crippen LogP contribution in [0.15, 0.2) is 5.38 Å². The van der Waals surface area contributed by atoms with Crippen molar-refractivity contribution in [3.05, 3.63) is 21.4 Å². The van der Waals surface area contributed by atoms with Gasteiger partial charge in [-0.05, 0) is 36.4 Å². The van der Waals surface area contributed by atoms with Crippen molar-refractivity contribution >= 4 is 23.1 Å². The number of piperidine rings is 1.